The van der Waals surface area contributed by atoms with Crippen LogP contribution in [0.25, 0.3) is 12.2 Å². The Labute approximate surface area is 168 Å². The highest BCUT2D eigenvalue weighted by molar-refractivity contribution is 7.91. The summed E-state index contributed by atoms with van der Waals surface area (Å²) in [7, 11) is -3.83. The van der Waals surface area contributed by atoms with Gasteiger partial charge in [0.05, 0.1) is 15.4 Å². The average Bonchev–Trinajstić information content (AvgIpc) is 2.67. The number of benzene rings is 3. The van der Waals surface area contributed by atoms with Gasteiger partial charge in [-0.3, -0.25) is 0 Å². The van der Waals surface area contributed by atoms with Gasteiger partial charge in [0, 0.05) is 17.2 Å². The zero-order valence-corrected chi connectivity index (χ0v) is 16.7. The summed E-state index contributed by atoms with van der Waals surface area (Å²) in [6.07, 6.45) is 3.10. The van der Waals surface area contributed by atoms with E-state index in [1.54, 1.807) is 36.4 Å². The summed E-state index contributed by atoms with van der Waals surface area (Å²) in [6.45, 7) is 3.06. The number of aliphatic hydroxyl groups is 1. The molecule has 0 radical (unpaired) electrons. The lowest BCUT2D eigenvalue weighted by Crippen LogP contribution is -2.20. The van der Waals surface area contributed by atoms with Gasteiger partial charge in [-0.25, -0.2) is 17.2 Å². The number of hydrogen-bond donors (Lipinski definition) is 1. The molecule has 3 nitrogen and oxygen atoms in total. The predicted octanol–water partition coefficient (Wildman–Crippen LogP) is 5.20. The van der Waals surface area contributed by atoms with Crippen LogP contribution in [0.15, 0.2) is 76.5 Å². The van der Waals surface area contributed by atoms with Crippen molar-refractivity contribution in [2.45, 2.75) is 29.2 Å². The number of halogens is 2. The Kier molecular flexibility index (Phi) is 5.68. The first kappa shape index (κ1) is 20.9. The molecule has 1 N–H and O–H groups in total. The molecular weight excluding hydrogens is 394 g/mol. The standard InChI is InChI=1S/C23H20F2O3S/c1-23(2,26)20-5-3-4-6-22(20)29(27,28)19-13-8-16(9-14-19)7-10-17-11-12-18(24)15-21(17)25/h3-15,26H,1-2H3/b10-7+. The van der Waals surface area contributed by atoms with E-state index in [0.717, 1.165) is 6.07 Å². The zero-order valence-electron chi connectivity index (χ0n) is 15.9. The molecule has 0 bridgehead atoms. The quantitative estimate of drug-likeness (QED) is 0.584. The molecule has 3 rings (SSSR count). The van der Waals surface area contributed by atoms with E-state index in [4.69, 9.17) is 0 Å². The van der Waals surface area contributed by atoms with Gasteiger partial charge in [0.25, 0.3) is 0 Å². The SMILES string of the molecule is CC(C)(O)c1ccccc1S(=O)(=O)c1ccc(/C=C/c2ccc(F)cc2F)cc1. The van der Waals surface area contributed by atoms with Crippen LogP contribution >= 0.6 is 0 Å². The molecule has 0 aliphatic rings. The molecule has 0 saturated heterocycles. The topological polar surface area (TPSA) is 54.4 Å². The molecule has 29 heavy (non-hydrogen) atoms. The molecule has 0 heterocycles. The van der Waals surface area contributed by atoms with Crippen molar-refractivity contribution in [2.24, 2.45) is 0 Å². The van der Waals surface area contributed by atoms with E-state index in [0.29, 0.717) is 11.1 Å². The summed E-state index contributed by atoms with van der Waals surface area (Å²) < 4.78 is 52.8. The van der Waals surface area contributed by atoms with Gasteiger partial charge in [-0.2, -0.15) is 0 Å². The Bertz CT molecular complexity index is 1160. The summed E-state index contributed by atoms with van der Waals surface area (Å²) >= 11 is 0. The first-order valence-electron chi connectivity index (χ1n) is 8.89. The summed E-state index contributed by atoms with van der Waals surface area (Å²) in [5.74, 6) is -1.33. The second kappa shape index (κ2) is 7.89. The lowest BCUT2D eigenvalue weighted by Gasteiger charge is -2.21. The minimum absolute atomic E-state index is 0.0455. The van der Waals surface area contributed by atoms with Crippen LogP contribution in [0, 0.1) is 11.6 Å². The molecule has 3 aromatic carbocycles. The van der Waals surface area contributed by atoms with E-state index >= 15 is 0 Å². The molecule has 0 fully saturated rings. The van der Waals surface area contributed by atoms with E-state index in [2.05, 4.69) is 0 Å². The summed E-state index contributed by atoms with van der Waals surface area (Å²) in [4.78, 5) is 0.128. The van der Waals surface area contributed by atoms with Crippen LogP contribution in [0.3, 0.4) is 0 Å². The maximum Gasteiger partial charge on any atom is 0.206 e. The second-order valence-corrected chi connectivity index (χ2v) is 9.04. The molecule has 150 valence electrons. The molecule has 6 heteroatoms. The maximum atomic E-state index is 13.7. The van der Waals surface area contributed by atoms with E-state index in [1.807, 2.05) is 0 Å². The normalized spacial score (nSPS) is 12.4. The Morgan fingerprint density at radius 1 is 0.897 bits per heavy atom. The Morgan fingerprint density at radius 3 is 2.17 bits per heavy atom. The van der Waals surface area contributed by atoms with Gasteiger partial charge in [0.2, 0.25) is 9.84 Å². The van der Waals surface area contributed by atoms with Crippen molar-refractivity contribution < 1.29 is 22.3 Å². The van der Waals surface area contributed by atoms with Gasteiger partial charge in [0.1, 0.15) is 11.6 Å². The predicted molar refractivity (Wildman–Crippen MR) is 109 cm³/mol. The highest BCUT2D eigenvalue weighted by Crippen LogP contribution is 2.31. The fraction of sp³-hybridized carbons (Fsp3) is 0.130. The van der Waals surface area contributed by atoms with Crippen molar-refractivity contribution in [3.05, 3.63) is 95.1 Å². The minimum Gasteiger partial charge on any atom is -0.386 e. The first-order chi connectivity index (χ1) is 13.6. The molecule has 0 aliphatic carbocycles. The molecule has 0 saturated carbocycles. The largest absolute Gasteiger partial charge is 0.386 e. The van der Waals surface area contributed by atoms with Gasteiger partial charge in [-0.1, -0.05) is 42.5 Å². The Balaban J connectivity index is 1.91. The van der Waals surface area contributed by atoms with Crippen molar-refractivity contribution >= 4 is 22.0 Å². The van der Waals surface area contributed by atoms with Crippen LogP contribution < -0.4 is 0 Å². The number of rotatable bonds is 5. The van der Waals surface area contributed by atoms with Crippen molar-refractivity contribution in [1.29, 1.82) is 0 Å². The van der Waals surface area contributed by atoms with Gasteiger partial charge >= 0.3 is 0 Å². The molecule has 3 aromatic rings. The molecular formula is C23H20F2O3S. The van der Waals surface area contributed by atoms with E-state index in [1.165, 1.54) is 50.3 Å². The summed E-state index contributed by atoms with van der Waals surface area (Å²) in [6, 6.07) is 15.7. The third-order valence-electron chi connectivity index (χ3n) is 4.44. The summed E-state index contributed by atoms with van der Waals surface area (Å²) in [5, 5.41) is 10.3. The van der Waals surface area contributed by atoms with E-state index in [9.17, 15) is 22.3 Å². The third kappa shape index (κ3) is 4.60. The van der Waals surface area contributed by atoms with Gasteiger partial charge in [-0.05, 0) is 49.7 Å². The fourth-order valence-electron chi connectivity index (χ4n) is 2.91. The lowest BCUT2D eigenvalue weighted by atomic mass is 9.99. The van der Waals surface area contributed by atoms with Crippen LogP contribution in [-0.2, 0) is 15.4 Å². The number of hydrogen-bond acceptors (Lipinski definition) is 3. The van der Waals surface area contributed by atoms with Gasteiger partial charge in [0.15, 0.2) is 0 Å². The van der Waals surface area contributed by atoms with Crippen LogP contribution in [0.5, 0.6) is 0 Å². The second-order valence-electron chi connectivity index (χ2n) is 7.13. The van der Waals surface area contributed by atoms with E-state index < -0.39 is 27.1 Å². The highest BCUT2D eigenvalue weighted by Gasteiger charge is 2.27. The minimum atomic E-state index is -3.83. The molecule has 0 aliphatic heterocycles. The molecule has 0 aromatic heterocycles. The highest BCUT2D eigenvalue weighted by atomic mass is 32.2. The van der Waals surface area contributed by atoms with Gasteiger partial charge in [-0.15, -0.1) is 0 Å². The van der Waals surface area contributed by atoms with Crippen LogP contribution in [0.4, 0.5) is 8.78 Å². The fourth-order valence-corrected chi connectivity index (χ4v) is 4.53. The van der Waals surface area contributed by atoms with Crippen molar-refractivity contribution in [1.82, 2.24) is 0 Å². The Hall–Kier alpha value is -2.83. The molecule has 0 atom stereocenters. The number of sulfone groups is 1. The van der Waals surface area contributed by atoms with Crippen LogP contribution in [0.1, 0.15) is 30.5 Å². The van der Waals surface area contributed by atoms with E-state index in [-0.39, 0.29) is 15.4 Å². The third-order valence-corrected chi connectivity index (χ3v) is 6.27. The maximum absolute atomic E-state index is 13.7. The van der Waals surface area contributed by atoms with Crippen LogP contribution in [-0.4, -0.2) is 13.5 Å². The lowest BCUT2D eigenvalue weighted by molar-refractivity contribution is 0.0755. The van der Waals surface area contributed by atoms with Crippen molar-refractivity contribution in [3.63, 3.8) is 0 Å². The van der Waals surface area contributed by atoms with Crippen molar-refractivity contribution in [3.8, 4) is 0 Å². The Morgan fingerprint density at radius 2 is 1.55 bits per heavy atom. The van der Waals surface area contributed by atoms with Crippen molar-refractivity contribution in [2.75, 3.05) is 0 Å². The smallest absolute Gasteiger partial charge is 0.206 e. The van der Waals surface area contributed by atoms with Crippen LogP contribution in [0.2, 0.25) is 0 Å². The first-order valence-corrected chi connectivity index (χ1v) is 10.4. The average molecular weight is 414 g/mol. The zero-order chi connectivity index (χ0) is 21.2. The summed E-state index contributed by atoms with van der Waals surface area (Å²) in [5.41, 5.74) is -0.118. The molecule has 0 amide bonds. The molecule has 0 spiro atoms. The molecule has 0 unspecified atom stereocenters. The monoisotopic (exact) mass is 414 g/mol. The van der Waals surface area contributed by atoms with Gasteiger partial charge < -0.3 is 5.11 Å².